The van der Waals surface area contributed by atoms with Gasteiger partial charge in [-0.2, -0.15) is 0 Å². The van der Waals surface area contributed by atoms with Gasteiger partial charge < -0.3 is 0 Å². The van der Waals surface area contributed by atoms with Crippen LogP contribution in [0, 0.1) is 17.3 Å². The summed E-state index contributed by atoms with van der Waals surface area (Å²) in [6.07, 6.45) is 6.17. The molecule has 1 fully saturated rings. The Labute approximate surface area is 102 Å². The number of nitrogens with zero attached hydrogens (tertiary/aromatic N) is 2. The van der Waals surface area contributed by atoms with Gasteiger partial charge >= 0.3 is 0 Å². The standard InChI is InChI=1S/C13H20N2O2/c1-10(7-14-8-16)11-4-12(15-9-17)6-13(2,3)5-11/h10-12H,4-7H2,1-3H3. The molecule has 94 valence electrons. The summed E-state index contributed by atoms with van der Waals surface area (Å²) in [4.78, 5) is 28.0. The molecule has 0 aliphatic heterocycles. The van der Waals surface area contributed by atoms with Gasteiger partial charge in [0.2, 0.25) is 12.2 Å². The van der Waals surface area contributed by atoms with E-state index in [-0.39, 0.29) is 11.5 Å². The topological polar surface area (TPSA) is 58.9 Å². The van der Waals surface area contributed by atoms with Crippen molar-refractivity contribution < 1.29 is 9.59 Å². The minimum absolute atomic E-state index is 0.0731. The number of hydrogen-bond acceptors (Lipinski definition) is 4. The second kappa shape index (κ2) is 5.90. The molecule has 0 saturated heterocycles. The fourth-order valence-electron chi connectivity index (χ4n) is 2.88. The van der Waals surface area contributed by atoms with Gasteiger partial charge in [0.05, 0.1) is 12.6 Å². The molecule has 1 saturated carbocycles. The van der Waals surface area contributed by atoms with Gasteiger partial charge in [-0.3, -0.25) is 0 Å². The second-order valence-corrected chi connectivity index (χ2v) is 5.85. The van der Waals surface area contributed by atoms with E-state index in [1.165, 1.54) is 0 Å². The molecule has 0 spiro atoms. The minimum Gasteiger partial charge on any atom is -0.211 e. The van der Waals surface area contributed by atoms with E-state index in [1.807, 2.05) is 0 Å². The van der Waals surface area contributed by atoms with E-state index in [9.17, 15) is 9.59 Å². The molecule has 17 heavy (non-hydrogen) atoms. The Morgan fingerprint density at radius 2 is 2.00 bits per heavy atom. The zero-order valence-corrected chi connectivity index (χ0v) is 10.8. The third kappa shape index (κ3) is 4.26. The van der Waals surface area contributed by atoms with Crippen molar-refractivity contribution in [3.8, 4) is 0 Å². The first-order valence-corrected chi connectivity index (χ1v) is 6.09. The first-order chi connectivity index (χ1) is 7.98. The van der Waals surface area contributed by atoms with Gasteiger partial charge in [-0.05, 0) is 36.5 Å². The average molecular weight is 236 g/mol. The molecular formula is C13H20N2O2. The molecule has 0 N–H and O–H groups in total. The Morgan fingerprint density at radius 1 is 1.29 bits per heavy atom. The van der Waals surface area contributed by atoms with Crippen molar-refractivity contribution in [2.24, 2.45) is 27.2 Å². The Balaban J connectivity index is 2.71. The maximum absolute atomic E-state index is 10.4. The van der Waals surface area contributed by atoms with Crippen molar-refractivity contribution in [2.75, 3.05) is 6.54 Å². The van der Waals surface area contributed by atoms with Crippen molar-refractivity contribution in [1.29, 1.82) is 0 Å². The van der Waals surface area contributed by atoms with Crippen molar-refractivity contribution in [3.05, 3.63) is 0 Å². The van der Waals surface area contributed by atoms with Crippen LogP contribution in [0.25, 0.3) is 0 Å². The summed E-state index contributed by atoms with van der Waals surface area (Å²) in [5.41, 5.74) is 0.188. The van der Waals surface area contributed by atoms with Crippen LogP contribution in [0.3, 0.4) is 0 Å². The lowest BCUT2D eigenvalue weighted by Gasteiger charge is -2.40. The fourth-order valence-corrected chi connectivity index (χ4v) is 2.88. The van der Waals surface area contributed by atoms with Crippen molar-refractivity contribution in [2.45, 2.75) is 46.1 Å². The molecule has 3 unspecified atom stereocenters. The fraction of sp³-hybridized carbons (Fsp3) is 0.846. The maximum Gasteiger partial charge on any atom is 0.235 e. The molecule has 0 aromatic heterocycles. The van der Waals surface area contributed by atoms with Gasteiger partial charge in [0.15, 0.2) is 0 Å². The first-order valence-electron chi connectivity index (χ1n) is 6.09. The number of rotatable bonds is 4. The molecular weight excluding hydrogens is 216 g/mol. The van der Waals surface area contributed by atoms with E-state index in [0.29, 0.717) is 18.4 Å². The van der Waals surface area contributed by atoms with Crippen LogP contribution < -0.4 is 0 Å². The van der Waals surface area contributed by atoms with Gasteiger partial charge in [-0.25, -0.2) is 19.6 Å². The summed E-state index contributed by atoms with van der Waals surface area (Å²) in [6, 6.07) is 0.0731. The van der Waals surface area contributed by atoms with Crippen LogP contribution in [0.5, 0.6) is 0 Å². The van der Waals surface area contributed by atoms with Gasteiger partial charge in [0, 0.05) is 0 Å². The van der Waals surface area contributed by atoms with E-state index in [1.54, 1.807) is 12.2 Å². The lowest BCUT2D eigenvalue weighted by atomic mass is 9.67. The highest BCUT2D eigenvalue weighted by Gasteiger charge is 2.36. The normalized spacial score (nSPS) is 28.6. The molecule has 0 aromatic rings. The van der Waals surface area contributed by atoms with E-state index >= 15 is 0 Å². The number of hydrogen-bond donors (Lipinski definition) is 0. The summed E-state index contributed by atoms with van der Waals surface area (Å²) in [6.45, 7) is 7.00. The van der Waals surface area contributed by atoms with E-state index in [0.717, 1.165) is 19.3 Å². The SMILES string of the molecule is CC(CN=C=O)C1CC(N=C=O)CC(C)(C)C1. The van der Waals surface area contributed by atoms with Crippen LogP contribution in [-0.4, -0.2) is 24.7 Å². The van der Waals surface area contributed by atoms with Crippen LogP contribution in [0.2, 0.25) is 0 Å². The van der Waals surface area contributed by atoms with Crippen molar-refractivity contribution >= 4 is 12.2 Å². The molecule has 0 heterocycles. The van der Waals surface area contributed by atoms with Crippen LogP contribution in [0.1, 0.15) is 40.0 Å². The lowest BCUT2D eigenvalue weighted by molar-refractivity contribution is 0.127. The smallest absolute Gasteiger partial charge is 0.211 e. The Bertz CT molecular complexity index is 352. The third-order valence-corrected chi connectivity index (χ3v) is 3.66. The highest BCUT2D eigenvalue weighted by atomic mass is 16.1. The highest BCUT2D eigenvalue weighted by Crippen LogP contribution is 2.42. The summed E-state index contributed by atoms with van der Waals surface area (Å²) >= 11 is 0. The van der Waals surface area contributed by atoms with Gasteiger partial charge in [0.1, 0.15) is 0 Å². The van der Waals surface area contributed by atoms with Crippen molar-refractivity contribution in [3.63, 3.8) is 0 Å². The molecule has 4 heteroatoms. The molecule has 0 bridgehead atoms. The number of carbonyl (C=O) groups excluding carboxylic acids is 2. The van der Waals surface area contributed by atoms with Crippen molar-refractivity contribution in [1.82, 2.24) is 0 Å². The molecule has 3 atom stereocenters. The third-order valence-electron chi connectivity index (χ3n) is 3.66. The van der Waals surface area contributed by atoms with E-state index in [4.69, 9.17) is 0 Å². The van der Waals surface area contributed by atoms with Gasteiger partial charge in [-0.15, -0.1) is 0 Å². The quantitative estimate of drug-likeness (QED) is 0.556. The Morgan fingerprint density at radius 3 is 2.59 bits per heavy atom. The molecule has 4 nitrogen and oxygen atoms in total. The lowest BCUT2D eigenvalue weighted by Crippen LogP contribution is -2.34. The van der Waals surface area contributed by atoms with Crippen LogP contribution in [0.15, 0.2) is 9.98 Å². The monoisotopic (exact) mass is 236 g/mol. The number of aliphatic imine (C=N–C) groups is 2. The predicted octanol–water partition coefficient (Wildman–Crippen LogP) is 2.49. The van der Waals surface area contributed by atoms with Crippen LogP contribution in [-0.2, 0) is 9.59 Å². The highest BCUT2D eigenvalue weighted by molar-refractivity contribution is 5.33. The molecule has 0 amide bonds. The summed E-state index contributed by atoms with van der Waals surface area (Å²) in [5, 5.41) is 0. The van der Waals surface area contributed by atoms with E-state index < -0.39 is 0 Å². The molecule has 0 radical (unpaired) electrons. The summed E-state index contributed by atoms with van der Waals surface area (Å²) in [7, 11) is 0. The zero-order valence-electron chi connectivity index (χ0n) is 10.8. The zero-order chi connectivity index (χ0) is 12.9. The Kier molecular flexibility index (Phi) is 4.80. The first kappa shape index (κ1) is 13.8. The molecule has 1 aliphatic rings. The second-order valence-electron chi connectivity index (χ2n) is 5.85. The van der Waals surface area contributed by atoms with Crippen LogP contribution in [0.4, 0.5) is 0 Å². The Hall–Kier alpha value is -1.24. The molecule has 1 rings (SSSR count). The van der Waals surface area contributed by atoms with Gasteiger partial charge in [0.25, 0.3) is 0 Å². The van der Waals surface area contributed by atoms with E-state index in [2.05, 4.69) is 30.8 Å². The minimum atomic E-state index is 0.0731. The van der Waals surface area contributed by atoms with Crippen LogP contribution >= 0.6 is 0 Å². The largest absolute Gasteiger partial charge is 0.235 e. The number of isocyanates is 2. The summed E-state index contributed by atoms with van der Waals surface area (Å²) in [5.74, 6) is 0.790. The molecule has 0 aromatic carbocycles. The maximum atomic E-state index is 10.4. The predicted molar refractivity (Wildman–Crippen MR) is 65.2 cm³/mol. The molecule has 1 aliphatic carbocycles. The summed E-state index contributed by atoms with van der Waals surface area (Å²) < 4.78 is 0. The van der Waals surface area contributed by atoms with Gasteiger partial charge in [-0.1, -0.05) is 20.8 Å². The average Bonchev–Trinajstić information content (AvgIpc) is 2.24.